The number of hydrogen-bond acceptors (Lipinski definition) is 5. The van der Waals surface area contributed by atoms with E-state index < -0.39 is 0 Å². The third-order valence-electron chi connectivity index (χ3n) is 5.01. The van der Waals surface area contributed by atoms with Gasteiger partial charge in [-0.2, -0.15) is 0 Å². The number of nitrogens with zero attached hydrogens (tertiary/aromatic N) is 2. The standard InChI is InChI=1S/C21H34N2O4/c1-16(2)20(24)15-22-9-12-27-19(13-22)14-23(10-11-26-4)21(25)18-7-5-17(3)6-8-18/h5-8,16,19-20,24H,9-15H2,1-4H3/t19-,20+/m1/s1. The summed E-state index contributed by atoms with van der Waals surface area (Å²) >= 11 is 0. The maximum Gasteiger partial charge on any atom is 0.254 e. The fourth-order valence-corrected chi connectivity index (χ4v) is 3.13. The smallest absolute Gasteiger partial charge is 0.254 e. The minimum Gasteiger partial charge on any atom is -0.392 e. The van der Waals surface area contributed by atoms with Crippen molar-refractivity contribution in [3.05, 3.63) is 35.4 Å². The van der Waals surface area contributed by atoms with Crippen molar-refractivity contribution in [2.24, 2.45) is 5.92 Å². The van der Waals surface area contributed by atoms with Crippen LogP contribution < -0.4 is 0 Å². The van der Waals surface area contributed by atoms with Crippen LogP contribution >= 0.6 is 0 Å². The molecule has 6 heteroatoms. The van der Waals surface area contributed by atoms with Gasteiger partial charge in [0.15, 0.2) is 0 Å². The Morgan fingerprint density at radius 1 is 1.37 bits per heavy atom. The second kappa shape index (κ2) is 10.8. The van der Waals surface area contributed by atoms with E-state index in [1.165, 1.54) is 0 Å². The van der Waals surface area contributed by atoms with Gasteiger partial charge in [0.25, 0.3) is 5.91 Å². The lowest BCUT2D eigenvalue weighted by Crippen LogP contribution is -2.51. The molecule has 0 radical (unpaired) electrons. The highest BCUT2D eigenvalue weighted by atomic mass is 16.5. The predicted molar refractivity (Wildman–Crippen MR) is 106 cm³/mol. The van der Waals surface area contributed by atoms with Crippen molar-refractivity contribution in [1.29, 1.82) is 0 Å². The summed E-state index contributed by atoms with van der Waals surface area (Å²) in [5.74, 6) is 0.225. The van der Waals surface area contributed by atoms with Crippen LogP contribution in [0.4, 0.5) is 0 Å². The van der Waals surface area contributed by atoms with Crippen LogP contribution in [-0.2, 0) is 9.47 Å². The van der Waals surface area contributed by atoms with Crippen LogP contribution in [0, 0.1) is 12.8 Å². The van der Waals surface area contributed by atoms with E-state index in [1.807, 2.05) is 45.0 Å². The van der Waals surface area contributed by atoms with Gasteiger partial charge in [-0.05, 0) is 25.0 Å². The number of aliphatic hydroxyl groups excluding tert-OH is 1. The zero-order valence-corrected chi connectivity index (χ0v) is 17.1. The van der Waals surface area contributed by atoms with Crippen LogP contribution in [0.25, 0.3) is 0 Å². The van der Waals surface area contributed by atoms with Crippen molar-refractivity contribution in [2.75, 3.05) is 53.0 Å². The third kappa shape index (κ3) is 6.88. The Morgan fingerprint density at radius 2 is 2.07 bits per heavy atom. The number of amides is 1. The van der Waals surface area contributed by atoms with Gasteiger partial charge in [0, 0.05) is 45.4 Å². The Kier molecular flexibility index (Phi) is 8.70. The summed E-state index contributed by atoms with van der Waals surface area (Å²) in [7, 11) is 1.64. The van der Waals surface area contributed by atoms with Crippen molar-refractivity contribution >= 4 is 5.91 Å². The third-order valence-corrected chi connectivity index (χ3v) is 5.01. The maximum absolute atomic E-state index is 12.9. The lowest BCUT2D eigenvalue weighted by molar-refractivity contribution is -0.0551. The molecule has 1 aromatic carbocycles. The van der Waals surface area contributed by atoms with Crippen LogP contribution in [0.15, 0.2) is 24.3 Å². The maximum atomic E-state index is 12.9. The molecular formula is C21H34N2O4. The van der Waals surface area contributed by atoms with Crippen molar-refractivity contribution in [3.8, 4) is 0 Å². The molecule has 0 spiro atoms. The van der Waals surface area contributed by atoms with Gasteiger partial charge in [0.2, 0.25) is 0 Å². The first kappa shape index (κ1) is 21.8. The summed E-state index contributed by atoms with van der Waals surface area (Å²) < 4.78 is 11.1. The quantitative estimate of drug-likeness (QED) is 0.710. The van der Waals surface area contributed by atoms with Crippen LogP contribution in [0.2, 0.25) is 0 Å². The first-order valence-corrected chi connectivity index (χ1v) is 9.77. The fourth-order valence-electron chi connectivity index (χ4n) is 3.13. The topological polar surface area (TPSA) is 62.2 Å². The number of hydrogen-bond donors (Lipinski definition) is 1. The summed E-state index contributed by atoms with van der Waals surface area (Å²) in [5, 5.41) is 10.2. The van der Waals surface area contributed by atoms with E-state index in [0.29, 0.717) is 45.0 Å². The van der Waals surface area contributed by atoms with E-state index in [0.717, 1.165) is 12.1 Å². The van der Waals surface area contributed by atoms with Gasteiger partial charge in [0.1, 0.15) is 0 Å². The number of rotatable bonds is 9. The monoisotopic (exact) mass is 378 g/mol. The summed E-state index contributed by atoms with van der Waals surface area (Å²) in [6.45, 7) is 10.4. The SMILES string of the molecule is COCCN(C[C@H]1CN(C[C@H](O)C(C)C)CCO1)C(=O)c1ccc(C)cc1. The van der Waals surface area contributed by atoms with Crippen LogP contribution in [-0.4, -0.2) is 86.1 Å². The molecule has 0 unspecified atom stereocenters. The molecule has 6 nitrogen and oxygen atoms in total. The minimum atomic E-state index is -0.345. The van der Waals surface area contributed by atoms with Gasteiger partial charge in [-0.15, -0.1) is 0 Å². The molecule has 2 atom stereocenters. The lowest BCUT2D eigenvalue weighted by atomic mass is 10.1. The second-order valence-corrected chi connectivity index (χ2v) is 7.67. The Balaban J connectivity index is 1.99. The highest BCUT2D eigenvalue weighted by Gasteiger charge is 2.27. The summed E-state index contributed by atoms with van der Waals surface area (Å²) in [6, 6.07) is 7.64. The molecule has 1 aliphatic heterocycles. The molecule has 0 aliphatic carbocycles. The Bertz CT molecular complexity index is 576. The number of β-amino-alcohol motifs (C(OH)–C–C–N with tert-alkyl or cyclic N) is 1. The van der Waals surface area contributed by atoms with Crippen molar-refractivity contribution < 1.29 is 19.4 Å². The second-order valence-electron chi connectivity index (χ2n) is 7.67. The normalized spacial score (nSPS) is 19.3. The highest BCUT2D eigenvalue weighted by molar-refractivity contribution is 5.94. The average Bonchev–Trinajstić information content (AvgIpc) is 2.65. The van der Waals surface area contributed by atoms with Gasteiger partial charge in [0.05, 0.1) is 25.4 Å². The van der Waals surface area contributed by atoms with E-state index in [-0.39, 0.29) is 24.0 Å². The Morgan fingerprint density at radius 3 is 2.70 bits per heavy atom. The molecule has 0 saturated carbocycles. The van der Waals surface area contributed by atoms with E-state index in [9.17, 15) is 9.90 Å². The lowest BCUT2D eigenvalue weighted by Gasteiger charge is -2.37. The zero-order chi connectivity index (χ0) is 19.8. The van der Waals surface area contributed by atoms with Gasteiger partial charge in [-0.1, -0.05) is 31.5 Å². The molecule has 27 heavy (non-hydrogen) atoms. The number of ether oxygens (including phenoxy) is 2. The van der Waals surface area contributed by atoms with Gasteiger partial charge < -0.3 is 19.5 Å². The number of aliphatic hydroxyl groups is 1. The van der Waals surface area contributed by atoms with Gasteiger partial charge >= 0.3 is 0 Å². The molecule has 1 N–H and O–H groups in total. The van der Waals surface area contributed by atoms with Crippen molar-refractivity contribution in [2.45, 2.75) is 33.0 Å². The zero-order valence-electron chi connectivity index (χ0n) is 17.1. The van der Waals surface area contributed by atoms with E-state index in [4.69, 9.17) is 9.47 Å². The number of benzene rings is 1. The fraction of sp³-hybridized carbons (Fsp3) is 0.667. The summed E-state index contributed by atoms with van der Waals surface area (Å²) in [6.07, 6.45) is -0.410. The van der Waals surface area contributed by atoms with Gasteiger partial charge in [-0.3, -0.25) is 9.69 Å². The first-order chi connectivity index (χ1) is 12.9. The van der Waals surface area contributed by atoms with Crippen LogP contribution in [0.5, 0.6) is 0 Å². The van der Waals surface area contributed by atoms with E-state index in [2.05, 4.69) is 4.90 Å². The molecule has 1 aromatic rings. The molecule has 1 aliphatic rings. The summed E-state index contributed by atoms with van der Waals surface area (Å²) in [5.41, 5.74) is 1.81. The number of carbonyl (C=O) groups is 1. The molecule has 2 rings (SSSR count). The van der Waals surface area contributed by atoms with E-state index >= 15 is 0 Å². The Hall–Kier alpha value is -1.47. The number of aryl methyl sites for hydroxylation is 1. The predicted octanol–water partition coefficient (Wildman–Crippen LogP) is 1.80. The van der Waals surface area contributed by atoms with Crippen LogP contribution in [0.3, 0.4) is 0 Å². The molecule has 1 heterocycles. The van der Waals surface area contributed by atoms with Gasteiger partial charge in [-0.25, -0.2) is 0 Å². The molecule has 152 valence electrons. The molecule has 1 amide bonds. The highest BCUT2D eigenvalue weighted by Crippen LogP contribution is 2.13. The van der Waals surface area contributed by atoms with Crippen molar-refractivity contribution in [3.63, 3.8) is 0 Å². The number of morpholine rings is 1. The first-order valence-electron chi connectivity index (χ1n) is 9.77. The Labute approximate surface area is 163 Å². The number of methoxy groups -OCH3 is 1. The molecule has 1 fully saturated rings. The average molecular weight is 379 g/mol. The number of carbonyl (C=O) groups excluding carboxylic acids is 1. The molecule has 0 bridgehead atoms. The summed E-state index contributed by atoms with van der Waals surface area (Å²) in [4.78, 5) is 17.0. The molecule has 1 saturated heterocycles. The largest absolute Gasteiger partial charge is 0.392 e. The van der Waals surface area contributed by atoms with Crippen LogP contribution in [0.1, 0.15) is 29.8 Å². The minimum absolute atomic E-state index is 0.00464. The van der Waals surface area contributed by atoms with Crippen molar-refractivity contribution in [1.82, 2.24) is 9.80 Å². The molecular weight excluding hydrogens is 344 g/mol. The molecule has 0 aromatic heterocycles. The van der Waals surface area contributed by atoms with E-state index in [1.54, 1.807) is 12.0 Å².